The number of aryl methyl sites for hydroxylation is 1. The molecule has 1 aromatic carbocycles. The van der Waals surface area contributed by atoms with E-state index in [2.05, 4.69) is 4.98 Å². The average molecular weight is 406 g/mol. The second kappa shape index (κ2) is 8.02. The van der Waals surface area contributed by atoms with Crippen LogP contribution in [0.3, 0.4) is 0 Å². The second-order valence-electron chi connectivity index (χ2n) is 6.33. The molecule has 2 unspecified atom stereocenters. The topological polar surface area (TPSA) is 90.7 Å². The van der Waals surface area contributed by atoms with Gasteiger partial charge in [0.25, 0.3) is 0 Å². The highest BCUT2D eigenvalue weighted by atomic mass is 35.5. The number of Topliss-reactive ketones (excluding diaryl/α,β-unsaturated/α-hetero) is 1. The molecule has 1 amide bonds. The number of halogens is 1. The molecular weight excluding hydrogens is 386 g/mol. The molecule has 1 aromatic heterocycles. The molecule has 0 radical (unpaired) electrons. The van der Waals surface area contributed by atoms with Crippen LogP contribution in [0.5, 0.6) is 0 Å². The lowest BCUT2D eigenvalue weighted by Gasteiger charge is -2.26. The van der Waals surface area contributed by atoms with E-state index in [9.17, 15) is 14.4 Å². The molecular formula is C19H20ClN3O5. The van der Waals surface area contributed by atoms with Gasteiger partial charge in [-0.2, -0.15) is 0 Å². The molecule has 1 aliphatic rings. The van der Waals surface area contributed by atoms with E-state index in [1.807, 2.05) is 0 Å². The molecule has 0 saturated heterocycles. The number of hydrogen-bond donors (Lipinski definition) is 0. The van der Waals surface area contributed by atoms with Gasteiger partial charge in [-0.05, 0) is 24.6 Å². The van der Waals surface area contributed by atoms with E-state index >= 15 is 0 Å². The Morgan fingerprint density at radius 3 is 2.64 bits per heavy atom. The number of fused-ring (bicyclic) bond motifs is 1. The van der Waals surface area contributed by atoms with Gasteiger partial charge in [-0.3, -0.25) is 14.5 Å². The van der Waals surface area contributed by atoms with E-state index in [1.165, 1.54) is 18.2 Å². The summed E-state index contributed by atoms with van der Waals surface area (Å²) < 4.78 is 11.5. The molecule has 0 fully saturated rings. The Kier molecular flexibility index (Phi) is 5.69. The van der Waals surface area contributed by atoms with Crippen LogP contribution < -0.4 is 4.90 Å². The zero-order valence-corrected chi connectivity index (χ0v) is 16.5. The number of hydrogen-bond acceptors (Lipinski definition) is 6. The Labute approximate surface area is 167 Å². The number of anilines is 1. The summed E-state index contributed by atoms with van der Waals surface area (Å²) in [5.74, 6) is -1.34. The smallest absolute Gasteiger partial charge is 0.414 e. The van der Waals surface area contributed by atoms with Gasteiger partial charge in [0.2, 0.25) is 5.78 Å². The fraction of sp³-hybridized carbons (Fsp3) is 0.368. The molecule has 0 N–H and O–H groups in total. The van der Waals surface area contributed by atoms with E-state index in [0.717, 1.165) is 0 Å². The van der Waals surface area contributed by atoms with Crippen LogP contribution in [0, 0.1) is 0 Å². The van der Waals surface area contributed by atoms with E-state index in [0.29, 0.717) is 16.3 Å². The van der Waals surface area contributed by atoms with Gasteiger partial charge in [0.05, 0.1) is 25.8 Å². The van der Waals surface area contributed by atoms with Crippen molar-refractivity contribution in [3.05, 3.63) is 47.0 Å². The predicted octanol–water partition coefficient (Wildman–Crippen LogP) is 2.95. The van der Waals surface area contributed by atoms with Crippen molar-refractivity contribution < 1.29 is 23.9 Å². The summed E-state index contributed by atoms with van der Waals surface area (Å²) in [5.41, 5.74) is 1.09. The van der Waals surface area contributed by atoms with Gasteiger partial charge in [0.1, 0.15) is 6.04 Å². The molecule has 2 aromatic rings. The highest BCUT2D eigenvalue weighted by Crippen LogP contribution is 2.45. The number of methoxy groups -OCH3 is 1. The van der Waals surface area contributed by atoms with Crippen LogP contribution in [-0.2, 0) is 21.3 Å². The molecule has 0 spiro atoms. The third-order valence-electron chi connectivity index (χ3n) is 4.70. The van der Waals surface area contributed by atoms with Crippen LogP contribution in [-0.4, -0.2) is 47.2 Å². The van der Waals surface area contributed by atoms with Crippen LogP contribution in [0.15, 0.2) is 30.6 Å². The number of amides is 1. The highest BCUT2D eigenvalue weighted by molar-refractivity contribution is 6.31. The fourth-order valence-electron chi connectivity index (χ4n) is 3.46. The zero-order chi connectivity index (χ0) is 20.4. The summed E-state index contributed by atoms with van der Waals surface area (Å²) in [6.45, 7) is 1.81. The third-order valence-corrected chi connectivity index (χ3v) is 4.93. The molecule has 1 aliphatic heterocycles. The Hall–Kier alpha value is -2.87. The number of benzene rings is 1. The molecule has 28 heavy (non-hydrogen) atoms. The van der Waals surface area contributed by atoms with Gasteiger partial charge in [0, 0.05) is 30.4 Å². The van der Waals surface area contributed by atoms with Gasteiger partial charge in [-0.15, -0.1) is 0 Å². The van der Waals surface area contributed by atoms with Crippen LogP contribution in [0.2, 0.25) is 5.02 Å². The van der Waals surface area contributed by atoms with E-state index in [1.54, 1.807) is 42.9 Å². The summed E-state index contributed by atoms with van der Waals surface area (Å²) in [4.78, 5) is 43.5. The van der Waals surface area contributed by atoms with Crippen molar-refractivity contribution in [2.24, 2.45) is 7.05 Å². The lowest BCUT2D eigenvalue weighted by Crippen LogP contribution is -2.46. The van der Waals surface area contributed by atoms with Crippen molar-refractivity contribution in [1.82, 2.24) is 9.55 Å². The third kappa shape index (κ3) is 3.47. The van der Waals surface area contributed by atoms with Crippen molar-refractivity contribution in [2.75, 3.05) is 18.6 Å². The lowest BCUT2D eigenvalue weighted by atomic mass is 9.89. The first-order chi connectivity index (χ1) is 13.4. The molecule has 8 nitrogen and oxygen atoms in total. The number of ether oxygens (including phenoxy) is 2. The summed E-state index contributed by atoms with van der Waals surface area (Å²) in [6, 6.07) is 3.95. The Morgan fingerprint density at radius 2 is 2.04 bits per heavy atom. The van der Waals surface area contributed by atoms with Crippen LogP contribution in [0.4, 0.5) is 10.5 Å². The summed E-state index contributed by atoms with van der Waals surface area (Å²) in [6.07, 6.45) is 2.36. The lowest BCUT2D eigenvalue weighted by molar-refractivity contribution is -0.141. The highest BCUT2D eigenvalue weighted by Gasteiger charge is 2.48. The summed E-state index contributed by atoms with van der Waals surface area (Å²) in [5, 5.41) is 0.398. The first-order valence-electron chi connectivity index (χ1n) is 8.72. The minimum absolute atomic E-state index is 0.0815. The predicted molar refractivity (Wildman–Crippen MR) is 102 cm³/mol. The maximum atomic E-state index is 13.4. The van der Waals surface area contributed by atoms with Gasteiger partial charge < -0.3 is 14.0 Å². The van der Waals surface area contributed by atoms with Crippen molar-refractivity contribution >= 4 is 35.1 Å². The monoisotopic (exact) mass is 405 g/mol. The largest absolute Gasteiger partial charge is 0.469 e. The zero-order valence-electron chi connectivity index (χ0n) is 15.7. The van der Waals surface area contributed by atoms with Gasteiger partial charge in [0.15, 0.2) is 5.82 Å². The van der Waals surface area contributed by atoms with E-state index < -0.39 is 29.8 Å². The van der Waals surface area contributed by atoms with Gasteiger partial charge in [-0.1, -0.05) is 17.7 Å². The first kappa shape index (κ1) is 19.9. The molecule has 0 aliphatic carbocycles. The summed E-state index contributed by atoms with van der Waals surface area (Å²) in [7, 11) is 2.96. The van der Waals surface area contributed by atoms with Crippen LogP contribution in [0.25, 0.3) is 0 Å². The van der Waals surface area contributed by atoms with Crippen LogP contribution in [0.1, 0.15) is 35.4 Å². The maximum Gasteiger partial charge on any atom is 0.414 e. The number of rotatable bonds is 5. The molecule has 0 saturated carbocycles. The van der Waals surface area contributed by atoms with Crippen LogP contribution >= 0.6 is 11.6 Å². The van der Waals surface area contributed by atoms with Gasteiger partial charge >= 0.3 is 12.1 Å². The molecule has 2 atom stereocenters. The Morgan fingerprint density at radius 1 is 1.29 bits per heavy atom. The normalized spacial score (nSPS) is 17.9. The maximum absolute atomic E-state index is 13.4. The molecule has 9 heteroatoms. The molecule has 0 bridgehead atoms. The molecule has 2 heterocycles. The number of imidazole rings is 1. The number of nitrogens with zero attached hydrogens (tertiary/aromatic N) is 3. The van der Waals surface area contributed by atoms with Crippen molar-refractivity contribution in [3.8, 4) is 0 Å². The Balaban J connectivity index is 2.15. The van der Waals surface area contributed by atoms with Crippen molar-refractivity contribution in [3.63, 3.8) is 0 Å². The van der Waals surface area contributed by atoms with E-state index in [4.69, 9.17) is 21.1 Å². The number of aromatic nitrogens is 2. The second-order valence-corrected chi connectivity index (χ2v) is 6.77. The number of carbonyl (C=O) groups is 3. The minimum atomic E-state index is -1.01. The summed E-state index contributed by atoms with van der Waals surface area (Å²) >= 11 is 6.13. The first-order valence-corrected chi connectivity index (χ1v) is 9.10. The average Bonchev–Trinajstić information content (AvgIpc) is 3.22. The standard InChI is InChI=1S/C19H20ClN3O5/c1-4-28-19(26)23-14-9-11(20)5-6-12(14)13(10-15(24)27-3)16(23)17(25)18-21-7-8-22(18)2/h5-9,13,16H,4,10H2,1-3H3. The minimum Gasteiger partial charge on any atom is -0.469 e. The molecule has 3 rings (SSSR count). The van der Waals surface area contributed by atoms with Crippen molar-refractivity contribution in [1.29, 1.82) is 0 Å². The SMILES string of the molecule is CCOC(=O)N1c2cc(Cl)ccc2C(CC(=O)OC)C1C(=O)c1nccn1C. The van der Waals surface area contributed by atoms with E-state index in [-0.39, 0.29) is 18.9 Å². The van der Waals surface area contributed by atoms with Crippen molar-refractivity contribution in [2.45, 2.75) is 25.3 Å². The quantitative estimate of drug-likeness (QED) is 0.561. The number of ketones is 1. The van der Waals surface area contributed by atoms with Gasteiger partial charge in [-0.25, -0.2) is 9.78 Å². The fourth-order valence-corrected chi connectivity index (χ4v) is 3.63. The molecule has 148 valence electrons. The Bertz CT molecular complexity index is 926. The number of carbonyl (C=O) groups excluding carboxylic acids is 3. The number of esters is 1.